The van der Waals surface area contributed by atoms with Gasteiger partial charge in [0.1, 0.15) is 11.6 Å². The zero-order valence-electron chi connectivity index (χ0n) is 17.4. The minimum Gasteiger partial charge on any atom is -0.493 e. The fraction of sp³-hybridized carbons (Fsp3) is 0.250. The monoisotopic (exact) mass is 444 g/mol. The molecule has 0 fully saturated rings. The zero-order chi connectivity index (χ0) is 22.3. The number of sulfonamides is 1. The number of pyridine rings is 1. The summed E-state index contributed by atoms with van der Waals surface area (Å²) in [4.78, 5) is 4.34. The van der Waals surface area contributed by atoms with Gasteiger partial charge >= 0.3 is 0 Å². The molecule has 2 heterocycles. The Morgan fingerprint density at radius 1 is 0.871 bits per heavy atom. The quantitative estimate of drug-likeness (QED) is 0.404. The molecule has 1 aromatic carbocycles. The molecular formula is C20H24N6O4S. The SMILES string of the molecule is COc1ccc(S(=O)(=O)NCCNc2ccc(Nc3ccc(C)cn3)nn2)cc1OC. The number of rotatable bonds is 10. The number of benzene rings is 1. The molecule has 0 amide bonds. The van der Waals surface area contributed by atoms with Crippen LogP contribution in [0.4, 0.5) is 17.5 Å². The number of aromatic nitrogens is 3. The van der Waals surface area contributed by atoms with Crippen LogP contribution in [0.2, 0.25) is 0 Å². The highest BCUT2D eigenvalue weighted by atomic mass is 32.2. The van der Waals surface area contributed by atoms with Crippen LogP contribution in [0.15, 0.2) is 53.6 Å². The van der Waals surface area contributed by atoms with E-state index in [2.05, 4.69) is 30.5 Å². The number of methoxy groups -OCH3 is 2. The molecular weight excluding hydrogens is 420 g/mol. The van der Waals surface area contributed by atoms with Crippen LogP contribution in [-0.4, -0.2) is 50.9 Å². The lowest BCUT2D eigenvalue weighted by atomic mass is 10.3. The highest BCUT2D eigenvalue weighted by Gasteiger charge is 2.16. The first kappa shape index (κ1) is 22.2. The summed E-state index contributed by atoms with van der Waals surface area (Å²) >= 11 is 0. The molecule has 31 heavy (non-hydrogen) atoms. The van der Waals surface area contributed by atoms with E-state index in [9.17, 15) is 8.42 Å². The smallest absolute Gasteiger partial charge is 0.240 e. The topological polar surface area (TPSA) is 127 Å². The van der Waals surface area contributed by atoms with Gasteiger partial charge in [0.15, 0.2) is 17.3 Å². The van der Waals surface area contributed by atoms with Crippen LogP contribution < -0.4 is 24.8 Å². The highest BCUT2D eigenvalue weighted by Crippen LogP contribution is 2.29. The zero-order valence-corrected chi connectivity index (χ0v) is 18.2. The summed E-state index contributed by atoms with van der Waals surface area (Å²) in [6.45, 7) is 2.45. The second kappa shape index (κ2) is 10.0. The Labute approximate surface area is 181 Å². The third-order valence-corrected chi connectivity index (χ3v) is 5.68. The van der Waals surface area contributed by atoms with Crippen molar-refractivity contribution in [1.29, 1.82) is 0 Å². The average molecular weight is 445 g/mol. The number of anilines is 3. The molecule has 0 aliphatic heterocycles. The van der Waals surface area contributed by atoms with Gasteiger partial charge in [-0.3, -0.25) is 0 Å². The van der Waals surface area contributed by atoms with Gasteiger partial charge in [-0.15, -0.1) is 10.2 Å². The summed E-state index contributed by atoms with van der Waals surface area (Å²) in [5, 5.41) is 14.2. The van der Waals surface area contributed by atoms with Gasteiger partial charge in [0.05, 0.1) is 19.1 Å². The average Bonchev–Trinajstić information content (AvgIpc) is 2.78. The molecule has 0 atom stereocenters. The molecule has 0 aliphatic rings. The second-order valence-corrected chi connectivity index (χ2v) is 8.26. The molecule has 0 bridgehead atoms. The van der Waals surface area contributed by atoms with Gasteiger partial charge in [-0.05, 0) is 42.8 Å². The van der Waals surface area contributed by atoms with Gasteiger partial charge in [0.2, 0.25) is 10.0 Å². The molecule has 164 valence electrons. The Kier molecular flexibility index (Phi) is 7.21. The first-order valence-electron chi connectivity index (χ1n) is 9.40. The maximum Gasteiger partial charge on any atom is 0.240 e. The van der Waals surface area contributed by atoms with Crippen molar-refractivity contribution in [3.05, 3.63) is 54.2 Å². The van der Waals surface area contributed by atoms with Gasteiger partial charge < -0.3 is 20.1 Å². The molecule has 0 unspecified atom stereocenters. The minimum absolute atomic E-state index is 0.0880. The Morgan fingerprint density at radius 2 is 1.58 bits per heavy atom. The molecule has 3 aromatic rings. The minimum atomic E-state index is -3.70. The van der Waals surface area contributed by atoms with Gasteiger partial charge in [0.25, 0.3) is 0 Å². The van der Waals surface area contributed by atoms with E-state index >= 15 is 0 Å². The van der Waals surface area contributed by atoms with Crippen LogP contribution in [-0.2, 0) is 10.0 Å². The fourth-order valence-corrected chi connectivity index (χ4v) is 3.66. The Morgan fingerprint density at radius 3 is 2.23 bits per heavy atom. The van der Waals surface area contributed by atoms with E-state index in [4.69, 9.17) is 9.47 Å². The molecule has 0 aliphatic carbocycles. The van der Waals surface area contributed by atoms with Crippen molar-refractivity contribution >= 4 is 27.5 Å². The van der Waals surface area contributed by atoms with Crippen molar-refractivity contribution in [2.24, 2.45) is 0 Å². The first-order chi connectivity index (χ1) is 14.9. The van der Waals surface area contributed by atoms with Crippen molar-refractivity contribution in [3.8, 4) is 11.5 Å². The first-order valence-corrected chi connectivity index (χ1v) is 10.9. The number of aryl methyl sites for hydroxylation is 1. The van der Waals surface area contributed by atoms with Crippen LogP contribution in [0.3, 0.4) is 0 Å². The van der Waals surface area contributed by atoms with Gasteiger partial charge in [-0.25, -0.2) is 18.1 Å². The molecule has 2 aromatic heterocycles. The summed E-state index contributed by atoms with van der Waals surface area (Å²) < 4.78 is 37.8. The van der Waals surface area contributed by atoms with Crippen molar-refractivity contribution in [3.63, 3.8) is 0 Å². The molecule has 0 radical (unpaired) electrons. The van der Waals surface area contributed by atoms with E-state index in [1.165, 1.54) is 26.4 Å². The standard InChI is InChI=1S/C20H24N6O4S/c1-14-4-7-18(22-13-14)24-20-9-8-19(25-26-20)21-10-11-23-31(27,28)15-5-6-16(29-2)17(12-15)30-3/h4-9,12-13,23H,10-11H2,1-3H3,(H,21,25)(H,22,24,26). The van der Waals surface area contributed by atoms with Crippen LogP contribution in [0.1, 0.15) is 5.56 Å². The molecule has 0 saturated heterocycles. The van der Waals surface area contributed by atoms with E-state index in [1.807, 2.05) is 19.1 Å². The normalized spacial score (nSPS) is 11.1. The van der Waals surface area contributed by atoms with Crippen LogP contribution in [0.25, 0.3) is 0 Å². The summed E-state index contributed by atoms with van der Waals surface area (Å²) in [5.41, 5.74) is 1.07. The number of hydrogen-bond donors (Lipinski definition) is 3. The van der Waals surface area contributed by atoms with Gasteiger partial charge in [-0.2, -0.15) is 0 Å². The lowest BCUT2D eigenvalue weighted by Gasteiger charge is -2.11. The maximum atomic E-state index is 12.5. The number of nitrogens with one attached hydrogen (secondary N) is 3. The third-order valence-electron chi connectivity index (χ3n) is 4.22. The predicted molar refractivity (Wildman–Crippen MR) is 118 cm³/mol. The highest BCUT2D eigenvalue weighted by molar-refractivity contribution is 7.89. The largest absolute Gasteiger partial charge is 0.493 e. The van der Waals surface area contributed by atoms with Crippen molar-refractivity contribution < 1.29 is 17.9 Å². The van der Waals surface area contributed by atoms with Gasteiger partial charge in [0, 0.05) is 25.4 Å². The summed E-state index contributed by atoms with van der Waals surface area (Å²) in [6.07, 6.45) is 1.76. The number of nitrogens with zero attached hydrogens (tertiary/aromatic N) is 3. The second-order valence-electron chi connectivity index (χ2n) is 6.49. The van der Waals surface area contributed by atoms with Crippen LogP contribution >= 0.6 is 0 Å². The van der Waals surface area contributed by atoms with E-state index in [-0.39, 0.29) is 11.4 Å². The Balaban J connectivity index is 1.50. The third kappa shape index (κ3) is 6.03. The maximum absolute atomic E-state index is 12.5. The molecule has 10 nitrogen and oxygen atoms in total. The lowest BCUT2D eigenvalue weighted by molar-refractivity contribution is 0.354. The summed E-state index contributed by atoms with van der Waals surface area (Å²) in [7, 11) is -0.759. The number of ether oxygens (including phenoxy) is 2. The van der Waals surface area contributed by atoms with Crippen LogP contribution in [0.5, 0.6) is 11.5 Å². The van der Waals surface area contributed by atoms with E-state index in [0.29, 0.717) is 35.5 Å². The van der Waals surface area contributed by atoms with Crippen LogP contribution in [0, 0.1) is 6.92 Å². The van der Waals surface area contributed by atoms with Crippen molar-refractivity contribution in [2.45, 2.75) is 11.8 Å². The predicted octanol–water partition coefficient (Wildman–Crippen LogP) is 2.33. The Hall–Kier alpha value is -3.44. The molecule has 3 N–H and O–H groups in total. The molecule has 0 saturated carbocycles. The molecule has 3 rings (SSSR count). The fourth-order valence-electron chi connectivity index (χ4n) is 2.61. The van der Waals surface area contributed by atoms with Crippen molar-refractivity contribution in [1.82, 2.24) is 19.9 Å². The van der Waals surface area contributed by atoms with E-state index in [1.54, 1.807) is 24.4 Å². The van der Waals surface area contributed by atoms with Gasteiger partial charge in [-0.1, -0.05) is 6.07 Å². The molecule has 0 spiro atoms. The van der Waals surface area contributed by atoms with E-state index < -0.39 is 10.0 Å². The van der Waals surface area contributed by atoms with Crippen molar-refractivity contribution in [2.75, 3.05) is 37.9 Å². The summed E-state index contributed by atoms with van der Waals surface area (Å²) in [6, 6.07) is 11.7. The van der Waals surface area contributed by atoms with E-state index in [0.717, 1.165) is 5.56 Å². The molecule has 11 heteroatoms. The summed E-state index contributed by atoms with van der Waals surface area (Å²) in [5.74, 6) is 2.54. The Bertz CT molecular complexity index is 1110. The lowest BCUT2D eigenvalue weighted by Crippen LogP contribution is -2.29. The number of hydrogen-bond acceptors (Lipinski definition) is 9.